The van der Waals surface area contributed by atoms with Crippen LogP contribution in [0.1, 0.15) is 32.6 Å². The number of nitrogens with one attached hydrogen (secondary N) is 2. The van der Waals surface area contributed by atoms with Crippen LogP contribution in [-0.2, 0) is 30.9 Å². The van der Waals surface area contributed by atoms with Crippen LogP contribution in [0.5, 0.6) is 0 Å². The summed E-state index contributed by atoms with van der Waals surface area (Å²) in [7, 11) is -2.47. The van der Waals surface area contributed by atoms with Gasteiger partial charge in [0.25, 0.3) is 5.56 Å². The largest absolute Gasteiger partial charge is 0.466 e. The maximum absolute atomic E-state index is 12.5. The number of H-pyrrole nitrogens is 1. The minimum atomic E-state index is -3.69. The van der Waals surface area contributed by atoms with Gasteiger partial charge in [-0.25, -0.2) is 22.7 Å². The summed E-state index contributed by atoms with van der Waals surface area (Å²) in [4.78, 5) is 46.7. The van der Waals surface area contributed by atoms with E-state index in [-0.39, 0.29) is 15.8 Å². The van der Waals surface area contributed by atoms with E-state index < -0.39 is 33.1 Å². The molecule has 178 valence electrons. The third-order valence-corrected chi connectivity index (χ3v) is 7.02. The van der Waals surface area contributed by atoms with Crippen LogP contribution in [0.25, 0.3) is 10.9 Å². The molecule has 4 N–H and O–H groups in total. The molecule has 0 aliphatic heterocycles. The molecular weight excluding hydrogens is 452 g/mol. The second-order valence-corrected chi connectivity index (χ2v) is 10.1. The molecule has 2 saturated carbocycles. The predicted octanol–water partition coefficient (Wildman–Crippen LogP) is 0.132. The standard InChI is InChI=1S/C16H19N3O4S.C5H7NO3/c1-16(6-7-16)18-24(22,23)11-4-5-13-12(8-11)14(20)17-15(21)19(13)9-10-2-3-10;1-9-5(8)3-2-4(6)7/h4-5,8,10,18H,2-3,6-7,9H2,1H3,(H,17,20,21);2-3H,1H3,(H2,6,7)/b;3-2+. The molecule has 2 aromatic rings. The molecule has 2 aliphatic carbocycles. The number of sulfonamides is 1. The molecule has 0 radical (unpaired) electrons. The zero-order chi connectivity index (χ0) is 24.4. The van der Waals surface area contributed by atoms with Crippen LogP contribution in [0, 0.1) is 5.92 Å². The number of carbonyl (C=O) groups is 2. The molecule has 1 aromatic heterocycles. The van der Waals surface area contributed by atoms with Crippen molar-refractivity contribution in [1.82, 2.24) is 14.3 Å². The van der Waals surface area contributed by atoms with E-state index in [2.05, 4.69) is 20.2 Å². The van der Waals surface area contributed by atoms with Gasteiger partial charge in [0.15, 0.2) is 0 Å². The van der Waals surface area contributed by atoms with E-state index in [0.29, 0.717) is 18.0 Å². The monoisotopic (exact) mass is 478 g/mol. The summed E-state index contributed by atoms with van der Waals surface area (Å²) in [5.41, 5.74) is 3.75. The Kier molecular flexibility index (Phi) is 6.89. The van der Waals surface area contributed by atoms with Crippen LogP contribution >= 0.6 is 0 Å². The normalized spacial score (nSPS) is 16.8. The van der Waals surface area contributed by atoms with Crippen molar-refractivity contribution in [3.8, 4) is 0 Å². The van der Waals surface area contributed by atoms with Crippen molar-refractivity contribution in [2.24, 2.45) is 11.7 Å². The minimum absolute atomic E-state index is 0.0465. The Morgan fingerprint density at radius 3 is 2.48 bits per heavy atom. The van der Waals surface area contributed by atoms with Gasteiger partial charge in [-0.15, -0.1) is 0 Å². The van der Waals surface area contributed by atoms with Crippen LogP contribution in [0.2, 0.25) is 0 Å². The van der Waals surface area contributed by atoms with Crippen LogP contribution in [0.3, 0.4) is 0 Å². The van der Waals surface area contributed by atoms with Gasteiger partial charge in [0.2, 0.25) is 15.9 Å². The second-order valence-electron chi connectivity index (χ2n) is 8.42. The number of nitrogens with zero attached hydrogens (tertiary/aromatic N) is 1. The predicted molar refractivity (Wildman–Crippen MR) is 120 cm³/mol. The molecule has 2 aliphatic rings. The summed E-state index contributed by atoms with van der Waals surface area (Å²) in [6, 6.07) is 4.36. The van der Waals surface area contributed by atoms with E-state index in [9.17, 15) is 27.6 Å². The first kappa shape index (κ1) is 24.4. The Bertz CT molecular complexity index is 1330. The second kappa shape index (κ2) is 9.32. The van der Waals surface area contributed by atoms with Gasteiger partial charge < -0.3 is 10.5 Å². The molecule has 33 heavy (non-hydrogen) atoms. The smallest absolute Gasteiger partial charge is 0.330 e. The van der Waals surface area contributed by atoms with E-state index in [1.54, 1.807) is 6.07 Å². The fourth-order valence-corrected chi connectivity index (χ4v) is 4.56. The number of aromatic nitrogens is 2. The van der Waals surface area contributed by atoms with Gasteiger partial charge in [0.1, 0.15) is 0 Å². The lowest BCUT2D eigenvalue weighted by molar-refractivity contribution is -0.135. The summed E-state index contributed by atoms with van der Waals surface area (Å²) in [6.45, 7) is 2.40. The third kappa shape index (κ3) is 6.39. The average molecular weight is 479 g/mol. The lowest BCUT2D eigenvalue weighted by atomic mass is 10.2. The Labute approximate surface area is 189 Å². The lowest BCUT2D eigenvalue weighted by Crippen LogP contribution is -2.34. The number of amides is 1. The molecule has 4 rings (SSSR count). The van der Waals surface area contributed by atoms with E-state index >= 15 is 0 Å². The first-order valence-corrected chi connectivity index (χ1v) is 11.8. The topological polar surface area (TPSA) is 170 Å². The number of hydrogen-bond donors (Lipinski definition) is 3. The van der Waals surface area contributed by atoms with E-state index in [0.717, 1.165) is 37.8 Å². The third-order valence-electron chi connectivity index (χ3n) is 5.38. The summed E-state index contributed by atoms with van der Waals surface area (Å²) >= 11 is 0. The highest BCUT2D eigenvalue weighted by atomic mass is 32.2. The molecule has 0 spiro atoms. The maximum atomic E-state index is 12.5. The van der Waals surface area contributed by atoms with Gasteiger partial charge in [-0.3, -0.25) is 19.1 Å². The number of fused-ring (bicyclic) bond motifs is 1. The minimum Gasteiger partial charge on any atom is -0.466 e. The van der Waals surface area contributed by atoms with Crippen LogP contribution in [0.15, 0.2) is 44.8 Å². The lowest BCUT2D eigenvalue weighted by Gasteiger charge is -2.13. The van der Waals surface area contributed by atoms with Crippen molar-refractivity contribution < 1.29 is 22.7 Å². The summed E-state index contributed by atoms with van der Waals surface area (Å²) in [5, 5.41) is 0.221. The van der Waals surface area contributed by atoms with Crippen LogP contribution in [0.4, 0.5) is 0 Å². The molecule has 0 saturated heterocycles. The van der Waals surface area contributed by atoms with Crippen molar-refractivity contribution in [3.63, 3.8) is 0 Å². The van der Waals surface area contributed by atoms with Crippen LogP contribution < -0.4 is 21.7 Å². The van der Waals surface area contributed by atoms with E-state index in [1.165, 1.54) is 23.8 Å². The highest BCUT2D eigenvalue weighted by Crippen LogP contribution is 2.36. The molecule has 1 aromatic carbocycles. The Balaban J connectivity index is 0.000000292. The zero-order valence-electron chi connectivity index (χ0n) is 18.3. The summed E-state index contributed by atoms with van der Waals surface area (Å²) in [5.74, 6) is -0.800. The van der Waals surface area contributed by atoms with Crippen molar-refractivity contribution in [3.05, 3.63) is 51.2 Å². The first-order chi connectivity index (χ1) is 15.4. The number of methoxy groups -OCH3 is 1. The van der Waals surface area contributed by atoms with E-state index in [1.807, 2.05) is 6.92 Å². The number of esters is 1. The number of nitrogens with two attached hydrogens (primary N) is 1. The van der Waals surface area contributed by atoms with Crippen molar-refractivity contribution >= 4 is 32.8 Å². The zero-order valence-corrected chi connectivity index (χ0v) is 19.1. The Hall–Kier alpha value is -3.25. The SMILES string of the molecule is CC1(NS(=O)(=O)c2ccc3c(c2)c(=O)[nH]c(=O)n3CC2CC2)CC1.COC(=O)/C=C/C(N)=O. The maximum Gasteiger partial charge on any atom is 0.330 e. The molecule has 2 fully saturated rings. The number of aromatic amines is 1. The number of benzene rings is 1. The fraction of sp³-hybridized carbons (Fsp3) is 0.429. The summed E-state index contributed by atoms with van der Waals surface area (Å²) < 4.78 is 33.3. The quantitative estimate of drug-likeness (QED) is 0.375. The van der Waals surface area contributed by atoms with Crippen molar-refractivity contribution in [2.45, 2.75) is 49.6 Å². The van der Waals surface area contributed by atoms with Gasteiger partial charge in [-0.1, -0.05) is 0 Å². The summed E-state index contributed by atoms with van der Waals surface area (Å²) in [6.07, 6.45) is 5.65. The number of ether oxygens (including phenoxy) is 1. The highest BCUT2D eigenvalue weighted by molar-refractivity contribution is 7.89. The number of rotatable bonds is 7. The fourth-order valence-electron chi connectivity index (χ4n) is 3.07. The Morgan fingerprint density at radius 2 is 1.94 bits per heavy atom. The van der Waals surface area contributed by atoms with Crippen molar-refractivity contribution in [1.29, 1.82) is 0 Å². The average Bonchev–Trinajstić information content (AvgIpc) is 3.68. The molecule has 0 bridgehead atoms. The van der Waals surface area contributed by atoms with Gasteiger partial charge in [0.05, 0.1) is 22.9 Å². The molecule has 12 heteroatoms. The molecule has 0 unspecified atom stereocenters. The van der Waals surface area contributed by atoms with Gasteiger partial charge in [0, 0.05) is 24.2 Å². The number of hydrogen-bond acceptors (Lipinski definition) is 7. The molecule has 1 heterocycles. The van der Waals surface area contributed by atoms with Crippen LogP contribution in [-0.4, -0.2) is 42.5 Å². The van der Waals surface area contributed by atoms with Gasteiger partial charge in [-0.2, -0.15) is 0 Å². The number of carbonyl (C=O) groups excluding carboxylic acids is 2. The molecule has 11 nitrogen and oxygen atoms in total. The van der Waals surface area contributed by atoms with Crippen molar-refractivity contribution in [2.75, 3.05) is 7.11 Å². The molecule has 0 atom stereocenters. The van der Waals surface area contributed by atoms with Gasteiger partial charge >= 0.3 is 11.7 Å². The Morgan fingerprint density at radius 1 is 1.27 bits per heavy atom. The van der Waals surface area contributed by atoms with Gasteiger partial charge in [-0.05, 0) is 56.7 Å². The molecule has 1 amide bonds. The highest BCUT2D eigenvalue weighted by Gasteiger charge is 2.41. The molecular formula is C21H26N4O7S. The first-order valence-electron chi connectivity index (χ1n) is 10.3. The van der Waals surface area contributed by atoms with E-state index in [4.69, 9.17) is 0 Å². The number of primary amides is 1.